The highest BCUT2D eigenvalue weighted by Gasteiger charge is 2.68. The molecule has 0 saturated heterocycles. The average Bonchev–Trinajstić information content (AvgIpc) is 2.72. The van der Waals surface area contributed by atoms with Crippen LogP contribution in [0.2, 0.25) is 0 Å². The van der Waals surface area contributed by atoms with E-state index in [9.17, 15) is 5.26 Å². The molecule has 1 aromatic rings. The van der Waals surface area contributed by atoms with Crippen molar-refractivity contribution < 1.29 is 0 Å². The van der Waals surface area contributed by atoms with Gasteiger partial charge >= 0.3 is 0 Å². The molecule has 2 aliphatic rings. The van der Waals surface area contributed by atoms with Crippen molar-refractivity contribution in [3.8, 4) is 6.07 Å². The summed E-state index contributed by atoms with van der Waals surface area (Å²) in [5, 5.41) is 10.2. The molecule has 0 N–H and O–H groups in total. The van der Waals surface area contributed by atoms with Crippen molar-refractivity contribution >= 4 is 11.8 Å². The van der Waals surface area contributed by atoms with E-state index in [-0.39, 0.29) is 5.41 Å². The third-order valence-corrected chi connectivity index (χ3v) is 4.56. The maximum Gasteiger partial charge on any atom is 0.187 e. The Morgan fingerprint density at radius 1 is 1.50 bits per heavy atom. The van der Waals surface area contributed by atoms with Crippen molar-refractivity contribution in [1.29, 1.82) is 5.26 Å². The molecule has 2 aliphatic carbocycles. The van der Waals surface area contributed by atoms with Gasteiger partial charge in [-0.15, -0.1) is 0 Å². The van der Waals surface area contributed by atoms with Crippen LogP contribution in [0.1, 0.15) is 25.0 Å². The molecule has 0 bridgehead atoms. The van der Waals surface area contributed by atoms with Crippen LogP contribution < -0.4 is 0 Å². The molecule has 2 fully saturated rings. The molecule has 82 valence electrons. The summed E-state index contributed by atoms with van der Waals surface area (Å²) in [5.74, 6) is 1.12. The van der Waals surface area contributed by atoms with E-state index in [0.29, 0.717) is 11.8 Å². The van der Waals surface area contributed by atoms with E-state index >= 15 is 0 Å². The molecular weight excluding hydrogens is 218 g/mol. The van der Waals surface area contributed by atoms with E-state index in [1.54, 1.807) is 6.20 Å². The summed E-state index contributed by atoms with van der Waals surface area (Å²) in [4.78, 5) is 8.68. The number of thioether (sulfide) groups is 1. The lowest BCUT2D eigenvalue weighted by molar-refractivity contribution is 0.585. The summed E-state index contributed by atoms with van der Waals surface area (Å²) in [5.41, 5.74) is 0.676. The van der Waals surface area contributed by atoms with Gasteiger partial charge in [-0.3, -0.25) is 0 Å². The maximum atomic E-state index is 9.46. The van der Waals surface area contributed by atoms with Crippen LogP contribution in [0.25, 0.3) is 0 Å². The van der Waals surface area contributed by atoms with Crippen molar-refractivity contribution in [1.82, 2.24) is 9.97 Å². The predicted octanol–water partition coefficient (Wildman–Crippen LogP) is 2.39. The van der Waals surface area contributed by atoms with E-state index in [1.165, 1.54) is 31.0 Å². The van der Waals surface area contributed by atoms with Crippen LogP contribution in [0.5, 0.6) is 0 Å². The highest BCUT2D eigenvalue weighted by molar-refractivity contribution is 7.98. The maximum absolute atomic E-state index is 9.46. The first-order chi connectivity index (χ1) is 7.82. The first-order valence-electron chi connectivity index (χ1n) is 5.61. The lowest BCUT2D eigenvalue weighted by Crippen LogP contribution is -2.14. The Morgan fingerprint density at radius 3 is 2.88 bits per heavy atom. The number of aromatic nitrogens is 2. The quantitative estimate of drug-likeness (QED) is 0.579. The zero-order valence-corrected chi connectivity index (χ0v) is 10.00. The molecule has 16 heavy (non-hydrogen) atoms. The molecule has 1 unspecified atom stereocenters. The zero-order chi connectivity index (χ0) is 11.2. The molecule has 4 heteroatoms. The molecule has 0 amide bonds. The number of fused-ring (bicyclic) bond motifs is 1. The highest BCUT2D eigenvalue weighted by Crippen LogP contribution is 2.67. The lowest BCUT2D eigenvalue weighted by Gasteiger charge is -2.11. The van der Waals surface area contributed by atoms with E-state index in [4.69, 9.17) is 0 Å². The third-order valence-electron chi connectivity index (χ3n) is 4.00. The fraction of sp³-hybridized carbons (Fsp3) is 0.583. The van der Waals surface area contributed by atoms with Gasteiger partial charge in [0.2, 0.25) is 0 Å². The number of hydrogen-bond donors (Lipinski definition) is 0. The second-order valence-corrected chi connectivity index (χ2v) is 5.33. The number of rotatable bonds is 2. The van der Waals surface area contributed by atoms with Gasteiger partial charge in [0.1, 0.15) is 5.41 Å². The van der Waals surface area contributed by atoms with Crippen LogP contribution in [0.15, 0.2) is 17.4 Å². The molecule has 3 atom stereocenters. The van der Waals surface area contributed by atoms with Gasteiger partial charge in [0.15, 0.2) is 5.16 Å². The van der Waals surface area contributed by atoms with Crippen molar-refractivity contribution in [3.63, 3.8) is 0 Å². The van der Waals surface area contributed by atoms with Gasteiger partial charge < -0.3 is 0 Å². The summed E-state index contributed by atoms with van der Waals surface area (Å²) in [6, 6.07) is 4.44. The molecule has 2 saturated carbocycles. The van der Waals surface area contributed by atoms with Crippen LogP contribution in [0.4, 0.5) is 0 Å². The fourth-order valence-corrected chi connectivity index (χ4v) is 3.58. The van der Waals surface area contributed by atoms with Gasteiger partial charge in [-0.1, -0.05) is 18.2 Å². The van der Waals surface area contributed by atoms with Crippen LogP contribution >= 0.6 is 11.8 Å². The highest BCUT2D eigenvalue weighted by atomic mass is 32.2. The summed E-state index contributed by atoms with van der Waals surface area (Å²) in [6.45, 7) is 0. The Labute approximate surface area is 99.3 Å². The molecule has 0 aliphatic heterocycles. The van der Waals surface area contributed by atoms with Crippen LogP contribution in [0.3, 0.4) is 0 Å². The van der Waals surface area contributed by atoms with Crippen LogP contribution in [-0.4, -0.2) is 16.2 Å². The Hall–Kier alpha value is -1.08. The third kappa shape index (κ3) is 1.15. The second kappa shape index (κ2) is 3.46. The summed E-state index contributed by atoms with van der Waals surface area (Å²) in [7, 11) is 0. The summed E-state index contributed by atoms with van der Waals surface area (Å²) < 4.78 is 0. The number of nitrogens with zero attached hydrogens (tertiary/aromatic N) is 3. The fourth-order valence-electron chi connectivity index (χ4n) is 3.23. The van der Waals surface area contributed by atoms with E-state index in [1.807, 2.05) is 12.3 Å². The minimum absolute atomic E-state index is 0.272. The van der Waals surface area contributed by atoms with Gasteiger partial charge in [0.05, 0.1) is 11.8 Å². The largest absolute Gasteiger partial charge is 0.231 e. The summed E-state index contributed by atoms with van der Waals surface area (Å²) >= 11 is 1.53. The SMILES string of the molecule is CSc1nccc(C2(C#N)[C@@H]3CCC[C@@H]32)n1. The Kier molecular flexibility index (Phi) is 2.18. The first kappa shape index (κ1) is 10.1. The van der Waals surface area contributed by atoms with Crippen molar-refractivity contribution in [2.75, 3.05) is 6.26 Å². The molecular formula is C12H13N3S. The minimum atomic E-state index is -0.272. The lowest BCUT2D eigenvalue weighted by atomic mass is 9.93. The molecule has 1 aromatic heterocycles. The van der Waals surface area contributed by atoms with Gasteiger partial charge in [0.25, 0.3) is 0 Å². The number of hydrogen-bond acceptors (Lipinski definition) is 4. The van der Waals surface area contributed by atoms with Gasteiger partial charge in [-0.05, 0) is 37.0 Å². The van der Waals surface area contributed by atoms with Gasteiger partial charge in [0, 0.05) is 6.20 Å². The van der Waals surface area contributed by atoms with Crippen molar-refractivity contribution in [3.05, 3.63) is 18.0 Å². The zero-order valence-electron chi connectivity index (χ0n) is 9.18. The molecule has 0 aromatic carbocycles. The molecule has 3 nitrogen and oxygen atoms in total. The Balaban J connectivity index is 2.00. The normalized spacial score (nSPS) is 35.5. The van der Waals surface area contributed by atoms with Gasteiger partial charge in [-0.2, -0.15) is 5.26 Å². The van der Waals surface area contributed by atoms with E-state index in [0.717, 1.165) is 10.9 Å². The molecule has 3 rings (SSSR count). The predicted molar refractivity (Wildman–Crippen MR) is 61.9 cm³/mol. The van der Waals surface area contributed by atoms with Gasteiger partial charge in [-0.25, -0.2) is 9.97 Å². The minimum Gasteiger partial charge on any atom is -0.231 e. The monoisotopic (exact) mass is 231 g/mol. The molecule has 0 spiro atoms. The van der Waals surface area contributed by atoms with Crippen molar-refractivity contribution in [2.45, 2.75) is 29.8 Å². The average molecular weight is 231 g/mol. The van der Waals surface area contributed by atoms with Crippen molar-refractivity contribution in [2.24, 2.45) is 11.8 Å². The molecule has 1 heterocycles. The van der Waals surface area contributed by atoms with Crippen LogP contribution in [-0.2, 0) is 5.41 Å². The standard InChI is InChI=1S/C12H13N3S/c1-16-11-14-6-5-10(15-11)12(7-13)8-3-2-4-9(8)12/h5-6,8-9H,2-4H2,1H3/t8-,9+,12?. The van der Waals surface area contributed by atoms with E-state index < -0.39 is 0 Å². The first-order valence-corrected chi connectivity index (χ1v) is 6.84. The smallest absolute Gasteiger partial charge is 0.187 e. The number of nitriles is 1. The second-order valence-electron chi connectivity index (χ2n) is 4.55. The van der Waals surface area contributed by atoms with Crippen LogP contribution in [0, 0.1) is 23.2 Å². The molecule has 0 radical (unpaired) electrons. The Morgan fingerprint density at radius 2 is 2.25 bits per heavy atom. The van der Waals surface area contributed by atoms with E-state index in [2.05, 4.69) is 16.0 Å². The topological polar surface area (TPSA) is 49.6 Å². The summed E-state index contributed by atoms with van der Waals surface area (Å²) in [6.07, 6.45) is 7.40. The Bertz CT molecular complexity index is 456.